The molecule has 5 rings (SSSR count). The van der Waals surface area contributed by atoms with Crippen LogP contribution in [0.15, 0.2) is 23.1 Å². The fourth-order valence-corrected chi connectivity index (χ4v) is 8.69. The molecule has 15 heteroatoms. The molecule has 2 atom stereocenters. The molecule has 2 aliphatic carbocycles. The second-order valence-electron chi connectivity index (χ2n) is 13.6. The summed E-state index contributed by atoms with van der Waals surface area (Å²) in [6.45, 7) is 4.88. The predicted octanol–water partition coefficient (Wildman–Crippen LogP) is 6.12. The number of unbranched alkanes of at least 4 members (excludes halogenated alkanes) is 7. The van der Waals surface area contributed by atoms with Crippen molar-refractivity contribution in [3.8, 4) is 6.07 Å². The van der Waals surface area contributed by atoms with Crippen LogP contribution in [0, 0.1) is 16.7 Å². The maximum Gasteiger partial charge on any atom is 0.403 e. The molecule has 0 radical (unpaired) electrons. The van der Waals surface area contributed by atoms with Crippen LogP contribution in [0.1, 0.15) is 90.4 Å². The topological polar surface area (TPSA) is 140 Å². The van der Waals surface area contributed by atoms with E-state index in [1.165, 1.54) is 63.5 Å². The molecule has 0 bridgehead atoms. The molecule has 10 nitrogen and oxygen atoms in total. The molecular weight excluding hydrogens is 685 g/mol. The number of amides is 1. The fourth-order valence-electron chi connectivity index (χ4n) is 6.46. The first-order chi connectivity index (χ1) is 23.2. The van der Waals surface area contributed by atoms with E-state index in [0.717, 1.165) is 19.4 Å². The van der Waals surface area contributed by atoms with Crippen LogP contribution < -0.4 is 10.2 Å². The van der Waals surface area contributed by atoms with Crippen molar-refractivity contribution in [3.63, 3.8) is 0 Å². The van der Waals surface area contributed by atoms with Gasteiger partial charge in [-0.25, -0.2) is 13.2 Å². The summed E-state index contributed by atoms with van der Waals surface area (Å²) in [5.41, 5.74) is -2.05. The van der Waals surface area contributed by atoms with E-state index in [-0.39, 0.29) is 15.5 Å². The number of nitrogens with zero attached hydrogens (tertiary/aromatic N) is 3. The van der Waals surface area contributed by atoms with Gasteiger partial charge in [-0.2, -0.15) is 18.4 Å². The molecule has 0 unspecified atom stereocenters. The van der Waals surface area contributed by atoms with Crippen LogP contribution in [-0.2, 0) is 24.2 Å². The molecule has 1 amide bonds. The Labute approximate surface area is 292 Å². The van der Waals surface area contributed by atoms with Gasteiger partial charge >= 0.3 is 12.1 Å². The molecule has 1 aromatic carbocycles. The highest BCUT2D eigenvalue weighted by Crippen LogP contribution is 2.59. The van der Waals surface area contributed by atoms with Gasteiger partial charge in [0.1, 0.15) is 17.0 Å². The van der Waals surface area contributed by atoms with Crippen LogP contribution in [0.5, 0.6) is 0 Å². The summed E-state index contributed by atoms with van der Waals surface area (Å²) in [5, 5.41) is 20.3. The van der Waals surface area contributed by atoms with E-state index in [9.17, 15) is 36.3 Å². The van der Waals surface area contributed by atoms with Gasteiger partial charge in [0, 0.05) is 25.3 Å². The lowest BCUT2D eigenvalue weighted by Gasteiger charge is -2.29. The Kier molecular flexibility index (Phi) is 13.3. The number of morpholine rings is 1. The highest BCUT2D eigenvalue weighted by Gasteiger charge is 2.70. The Morgan fingerprint density at radius 2 is 1.67 bits per heavy atom. The van der Waals surface area contributed by atoms with Crippen LogP contribution in [0.3, 0.4) is 0 Å². The van der Waals surface area contributed by atoms with E-state index in [0.29, 0.717) is 36.9 Å². The number of carboxylic acid groups (broad SMARTS) is 1. The van der Waals surface area contributed by atoms with E-state index in [1.807, 2.05) is 4.90 Å². The van der Waals surface area contributed by atoms with Crippen molar-refractivity contribution >= 4 is 39.0 Å². The number of sulfone groups is 1. The molecule has 1 aromatic rings. The number of halogens is 4. The Bertz CT molecular complexity index is 1460. The van der Waals surface area contributed by atoms with Gasteiger partial charge in [0.05, 0.1) is 34.5 Å². The molecule has 4 aliphatic rings. The lowest BCUT2D eigenvalue weighted by atomic mass is 10.0. The number of ether oxygens (including phenoxy) is 1. The Morgan fingerprint density at radius 3 is 2.18 bits per heavy atom. The van der Waals surface area contributed by atoms with Crippen LogP contribution in [0.2, 0.25) is 5.02 Å². The number of likely N-dealkylation sites (tertiary alicyclic amines) is 1. The van der Waals surface area contributed by atoms with Gasteiger partial charge in [-0.1, -0.05) is 63.5 Å². The molecule has 4 fully saturated rings. The standard InChI is InChI=1S/C20H22ClF3N2O6S.C14H26N2/c21-14-9-12(25-5-7-32-8-6-25)1-2-16(14)33(30,31)13-10-15(17(27)28)26(11-13)18(29)19(3-4-19)20(22,23)24;1-2-3-4-5-6-7-8-9-12-16-14(13-15)10-11-14/h1-2,9,13,15H,3-8,10-11H2,(H,27,28);16H,2-12H2,1H3/t13-,15+;/m1./s1. The zero-order valence-corrected chi connectivity index (χ0v) is 29.6. The molecule has 0 aromatic heterocycles. The number of rotatable bonds is 15. The average Bonchev–Trinajstić information content (AvgIpc) is 4.00. The number of carboxylic acids is 1. The molecule has 2 saturated heterocycles. The van der Waals surface area contributed by atoms with Gasteiger partial charge in [-0.05, 0) is 63.3 Å². The van der Waals surface area contributed by atoms with Crippen molar-refractivity contribution in [2.75, 3.05) is 44.3 Å². The third-order valence-corrected chi connectivity index (χ3v) is 12.6. The maximum absolute atomic E-state index is 13.4. The van der Waals surface area contributed by atoms with Gasteiger partial charge in [0.15, 0.2) is 9.84 Å². The first kappa shape index (κ1) is 39.2. The minimum atomic E-state index is -4.83. The number of benzene rings is 1. The van der Waals surface area contributed by atoms with Gasteiger partial charge < -0.3 is 19.6 Å². The number of hydrogen-bond acceptors (Lipinski definition) is 8. The number of carbonyl (C=O) groups is 2. The van der Waals surface area contributed by atoms with Gasteiger partial charge in [-0.15, -0.1) is 0 Å². The first-order valence-electron chi connectivity index (χ1n) is 17.3. The highest BCUT2D eigenvalue weighted by molar-refractivity contribution is 7.92. The SMILES string of the molecule is CCCCCCCCCCNC1(C#N)CC1.O=C(O)[C@@H]1C[C@@H](S(=O)(=O)c2ccc(N3CCOCC3)cc2Cl)CN1C(=O)C1(C(F)(F)F)CC1. The number of nitriles is 1. The van der Waals surface area contributed by atoms with Crippen molar-refractivity contribution in [2.45, 2.75) is 118 Å². The van der Waals surface area contributed by atoms with Crippen LogP contribution >= 0.6 is 11.6 Å². The van der Waals surface area contributed by atoms with E-state index < -0.39 is 70.4 Å². The number of carbonyl (C=O) groups excluding carboxylic acids is 1. The smallest absolute Gasteiger partial charge is 0.403 e. The number of aliphatic carboxylic acids is 1. The zero-order chi connectivity index (χ0) is 35.9. The molecule has 2 saturated carbocycles. The molecular formula is C34H48ClF3N4O6S. The highest BCUT2D eigenvalue weighted by atomic mass is 35.5. The summed E-state index contributed by atoms with van der Waals surface area (Å²) < 4.78 is 72.1. The first-order valence-corrected chi connectivity index (χ1v) is 19.3. The van der Waals surface area contributed by atoms with Crippen molar-refractivity contribution < 1.29 is 41.0 Å². The third-order valence-electron chi connectivity index (χ3n) is 10.0. The van der Waals surface area contributed by atoms with Crippen molar-refractivity contribution in [1.82, 2.24) is 10.2 Å². The average molecular weight is 733 g/mol. The number of anilines is 1. The maximum atomic E-state index is 13.4. The Hall–Kier alpha value is -2.60. The Balaban J connectivity index is 0.000000284. The quantitative estimate of drug-likeness (QED) is 0.204. The van der Waals surface area contributed by atoms with E-state index in [4.69, 9.17) is 21.6 Å². The lowest BCUT2D eigenvalue weighted by Crippen LogP contribution is -2.48. The number of alkyl halides is 3. The summed E-state index contributed by atoms with van der Waals surface area (Å²) in [4.78, 5) is 26.7. The summed E-state index contributed by atoms with van der Waals surface area (Å²) >= 11 is 6.27. The fraction of sp³-hybridized carbons (Fsp3) is 0.735. The minimum Gasteiger partial charge on any atom is -0.480 e. The van der Waals surface area contributed by atoms with Crippen LogP contribution in [-0.4, -0.2) is 92.7 Å². The van der Waals surface area contributed by atoms with E-state index in [2.05, 4.69) is 18.3 Å². The molecule has 274 valence electrons. The largest absolute Gasteiger partial charge is 0.480 e. The number of hydrogen-bond donors (Lipinski definition) is 2. The normalized spacial score (nSPS) is 22.5. The van der Waals surface area contributed by atoms with Gasteiger partial charge in [-0.3, -0.25) is 10.1 Å². The van der Waals surface area contributed by atoms with Crippen LogP contribution in [0.4, 0.5) is 18.9 Å². The van der Waals surface area contributed by atoms with Crippen molar-refractivity contribution in [1.29, 1.82) is 5.26 Å². The molecule has 2 heterocycles. The predicted molar refractivity (Wildman–Crippen MR) is 179 cm³/mol. The van der Waals surface area contributed by atoms with Gasteiger partial charge in [0.25, 0.3) is 0 Å². The van der Waals surface area contributed by atoms with Crippen LogP contribution in [0.25, 0.3) is 0 Å². The van der Waals surface area contributed by atoms with Crippen molar-refractivity contribution in [3.05, 3.63) is 23.2 Å². The number of nitrogens with one attached hydrogen (secondary N) is 1. The summed E-state index contributed by atoms with van der Waals surface area (Å²) in [6.07, 6.45) is 6.74. The second kappa shape index (κ2) is 16.6. The summed E-state index contributed by atoms with van der Waals surface area (Å²) in [6, 6.07) is 5.06. The molecule has 49 heavy (non-hydrogen) atoms. The summed E-state index contributed by atoms with van der Waals surface area (Å²) in [7, 11) is -4.22. The van der Waals surface area contributed by atoms with Crippen molar-refractivity contribution in [2.24, 2.45) is 5.41 Å². The molecule has 2 aliphatic heterocycles. The minimum absolute atomic E-state index is 0.0791. The zero-order valence-electron chi connectivity index (χ0n) is 28.1. The molecule has 0 spiro atoms. The summed E-state index contributed by atoms with van der Waals surface area (Å²) in [5.74, 6) is -2.93. The monoisotopic (exact) mass is 732 g/mol. The van der Waals surface area contributed by atoms with Gasteiger partial charge in [0.2, 0.25) is 5.91 Å². The molecule has 2 N–H and O–H groups in total. The third kappa shape index (κ3) is 9.60. The van der Waals surface area contributed by atoms with E-state index in [1.54, 1.807) is 6.07 Å². The lowest BCUT2D eigenvalue weighted by molar-refractivity contribution is -0.199. The Morgan fingerprint density at radius 1 is 1.06 bits per heavy atom. The van der Waals surface area contributed by atoms with E-state index >= 15 is 0 Å². The second-order valence-corrected chi connectivity index (χ2v) is 16.2.